The van der Waals surface area contributed by atoms with Crippen molar-refractivity contribution in [2.24, 2.45) is 4.99 Å². The third kappa shape index (κ3) is 5.54. The van der Waals surface area contributed by atoms with Crippen molar-refractivity contribution >= 4 is 5.96 Å². The Morgan fingerprint density at radius 2 is 2.09 bits per heavy atom. The van der Waals surface area contributed by atoms with Gasteiger partial charge in [0.1, 0.15) is 12.4 Å². The first-order valence-electron chi connectivity index (χ1n) is 7.11. The lowest BCUT2D eigenvalue weighted by molar-refractivity contribution is 0.304. The van der Waals surface area contributed by atoms with Crippen LogP contribution in [0.15, 0.2) is 47.6 Å². The van der Waals surface area contributed by atoms with E-state index in [0.717, 1.165) is 17.8 Å². The summed E-state index contributed by atoms with van der Waals surface area (Å²) in [6.07, 6.45) is 1.72. The summed E-state index contributed by atoms with van der Waals surface area (Å²) in [7, 11) is 1.65. The Morgan fingerprint density at radius 3 is 2.78 bits per heavy atom. The summed E-state index contributed by atoms with van der Waals surface area (Å²) in [4.78, 5) is 8.26. The minimum absolute atomic E-state index is 0.0182. The van der Waals surface area contributed by atoms with Gasteiger partial charge in [0.05, 0.1) is 18.8 Å². The van der Waals surface area contributed by atoms with E-state index in [2.05, 4.69) is 20.6 Å². The molecule has 1 heterocycles. The maximum absolute atomic E-state index is 13.4. The molecule has 0 amide bonds. The summed E-state index contributed by atoms with van der Waals surface area (Å²) in [6, 6.07) is 8.86. The fourth-order valence-corrected chi connectivity index (χ4v) is 1.82. The smallest absolute Gasteiger partial charge is 0.191 e. The molecule has 122 valence electrons. The molecule has 1 aromatic heterocycles. The molecule has 0 aliphatic rings. The zero-order valence-electron chi connectivity index (χ0n) is 12.7. The van der Waals surface area contributed by atoms with Gasteiger partial charge in [0.15, 0.2) is 17.5 Å². The van der Waals surface area contributed by atoms with E-state index >= 15 is 0 Å². The van der Waals surface area contributed by atoms with Gasteiger partial charge in [-0.2, -0.15) is 0 Å². The van der Waals surface area contributed by atoms with Gasteiger partial charge >= 0.3 is 0 Å². The summed E-state index contributed by atoms with van der Waals surface area (Å²) in [5.41, 5.74) is 0.889. The average Bonchev–Trinajstić information content (AvgIpc) is 2.57. The number of nitrogens with one attached hydrogen (secondary N) is 2. The molecule has 0 aliphatic carbocycles. The maximum Gasteiger partial charge on any atom is 0.191 e. The van der Waals surface area contributed by atoms with E-state index in [-0.39, 0.29) is 12.4 Å². The minimum Gasteiger partial charge on any atom is -0.489 e. The molecule has 0 saturated carbocycles. The van der Waals surface area contributed by atoms with Crippen LogP contribution in [0.1, 0.15) is 5.69 Å². The summed E-state index contributed by atoms with van der Waals surface area (Å²) >= 11 is 0. The van der Waals surface area contributed by atoms with Crippen LogP contribution in [-0.4, -0.2) is 31.1 Å². The predicted octanol–water partition coefficient (Wildman–Crippen LogP) is 2.10. The summed E-state index contributed by atoms with van der Waals surface area (Å²) in [6.45, 7) is 1.17. The van der Waals surface area contributed by atoms with Crippen LogP contribution in [-0.2, 0) is 6.54 Å². The first-order valence-corrected chi connectivity index (χ1v) is 7.11. The lowest BCUT2D eigenvalue weighted by atomic mass is 10.3. The number of benzene rings is 1. The summed E-state index contributed by atoms with van der Waals surface area (Å²) < 4.78 is 31.4. The Bertz CT molecular complexity index is 650. The quantitative estimate of drug-likeness (QED) is 0.486. The number of rotatable bonds is 6. The number of nitrogens with zero attached hydrogens (tertiary/aromatic N) is 2. The van der Waals surface area contributed by atoms with Crippen molar-refractivity contribution in [2.75, 3.05) is 20.2 Å². The van der Waals surface area contributed by atoms with E-state index in [1.54, 1.807) is 13.2 Å². The molecule has 23 heavy (non-hydrogen) atoms. The van der Waals surface area contributed by atoms with Crippen LogP contribution in [0, 0.1) is 11.6 Å². The average molecular weight is 320 g/mol. The lowest BCUT2D eigenvalue weighted by Crippen LogP contribution is -2.39. The van der Waals surface area contributed by atoms with Crippen LogP contribution in [0.5, 0.6) is 5.75 Å². The van der Waals surface area contributed by atoms with Gasteiger partial charge in [-0.05, 0) is 24.3 Å². The molecule has 0 radical (unpaired) electrons. The Hall–Kier alpha value is -2.70. The van der Waals surface area contributed by atoms with Gasteiger partial charge in [-0.3, -0.25) is 9.98 Å². The van der Waals surface area contributed by atoms with Gasteiger partial charge in [0, 0.05) is 19.3 Å². The number of halogens is 2. The molecule has 2 N–H and O–H groups in total. The standard InChI is InChI=1S/C16H18F2N4O/c1-19-16(22-11-13-4-2-3-7-20-13)21-8-9-23-15-6-5-12(17)10-14(15)18/h2-7,10H,8-9,11H2,1H3,(H2,19,21,22). The van der Waals surface area contributed by atoms with Gasteiger partial charge in [-0.25, -0.2) is 8.78 Å². The van der Waals surface area contributed by atoms with Crippen molar-refractivity contribution in [3.05, 3.63) is 59.9 Å². The van der Waals surface area contributed by atoms with E-state index in [4.69, 9.17) is 4.74 Å². The van der Waals surface area contributed by atoms with Gasteiger partial charge in [-0.15, -0.1) is 0 Å². The Balaban J connectivity index is 1.71. The Morgan fingerprint density at radius 1 is 1.22 bits per heavy atom. The summed E-state index contributed by atoms with van der Waals surface area (Å²) in [5.74, 6) is -0.752. The normalized spacial score (nSPS) is 11.2. The van der Waals surface area contributed by atoms with Crippen molar-refractivity contribution in [1.82, 2.24) is 15.6 Å². The molecule has 0 bridgehead atoms. The molecular weight excluding hydrogens is 302 g/mol. The van der Waals surface area contributed by atoms with Gasteiger partial charge in [-0.1, -0.05) is 6.07 Å². The number of hydrogen-bond acceptors (Lipinski definition) is 3. The second-order valence-corrected chi connectivity index (χ2v) is 4.60. The minimum atomic E-state index is -0.720. The number of pyridine rings is 1. The van der Waals surface area contributed by atoms with E-state index in [1.165, 1.54) is 6.07 Å². The fraction of sp³-hybridized carbons (Fsp3) is 0.250. The van der Waals surface area contributed by atoms with Gasteiger partial charge < -0.3 is 15.4 Å². The molecule has 2 aromatic rings. The number of ether oxygens (including phenoxy) is 1. The molecule has 5 nitrogen and oxygen atoms in total. The highest BCUT2D eigenvalue weighted by Gasteiger charge is 2.04. The molecule has 0 unspecified atom stereocenters. The SMILES string of the molecule is CN=C(NCCOc1ccc(F)cc1F)NCc1ccccn1. The van der Waals surface area contributed by atoms with E-state index in [9.17, 15) is 8.78 Å². The number of aromatic nitrogens is 1. The third-order valence-corrected chi connectivity index (χ3v) is 2.93. The van der Waals surface area contributed by atoms with Crippen LogP contribution in [0.2, 0.25) is 0 Å². The van der Waals surface area contributed by atoms with Crippen LogP contribution in [0.3, 0.4) is 0 Å². The Kier molecular flexibility index (Phi) is 6.28. The van der Waals surface area contributed by atoms with Crippen molar-refractivity contribution in [2.45, 2.75) is 6.54 Å². The zero-order chi connectivity index (χ0) is 16.5. The lowest BCUT2D eigenvalue weighted by Gasteiger charge is -2.12. The number of hydrogen-bond donors (Lipinski definition) is 2. The first-order chi connectivity index (χ1) is 11.2. The van der Waals surface area contributed by atoms with Crippen molar-refractivity contribution in [3.63, 3.8) is 0 Å². The third-order valence-electron chi connectivity index (χ3n) is 2.93. The highest BCUT2D eigenvalue weighted by molar-refractivity contribution is 5.79. The molecule has 0 atom stereocenters. The van der Waals surface area contributed by atoms with Crippen LogP contribution in [0.25, 0.3) is 0 Å². The van der Waals surface area contributed by atoms with E-state index < -0.39 is 11.6 Å². The van der Waals surface area contributed by atoms with Crippen LogP contribution >= 0.6 is 0 Å². The van der Waals surface area contributed by atoms with Gasteiger partial charge in [0.25, 0.3) is 0 Å². The van der Waals surface area contributed by atoms with Crippen molar-refractivity contribution < 1.29 is 13.5 Å². The van der Waals surface area contributed by atoms with Gasteiger partial charge in [0.2, 0.25) is 0 Å². The molecule has 1 aromatic carbocycles. The van der Waals surface area contributed by atoms with E-state index in [1.807, 2.05) is 18.2 Å². The molecule has 0 aliphatic heterocycles. The van der Waals surface area contributed by atoms with Crippen LogP contribution in [0.4, 0.5) is 8.78 Å². The summed E-state index contributed by atoms with van der Waals surface area (Å²) in [5, 5.41) is 6.13. The Labute approximate surface area is 133 Å². The largest absolute Gasteiger partial charge is 0.489 e. The molecule has 0 fully saturated rings. The molecule has 0 saturated heterocycles. The molecule has 2 rings (SSSR count). The second kappa shape index (κ2) is 8.67. The highest BCUT2D eigenvalue weighted by Crippen LogP contribution is 2.17. The van der Waals surface area contributed by atoms with Crippen molar-refractivity contribution in [3.8, 4) is 5.75 Å². The topological polar surface area (TPSA) is 58.5 Å². The van der Waals surface area contributed by atoms with Crippen molar-refractivity contribution in [1.29, 1.82) is 0 Å². The highest BCUT2D eigenvalue weighted by atomic mass is 19.1. The van der Waals surface area contributed by atoms with Crippen LogP contribution < -0.4 is 15.4 Å². The predicted molar refractivity (Wildman–Crippen MR) is 84.3 cm³/mol. The zero-order valence-corrected chi connectivity index (χ0v) is 12.7. The number of aliphatic imine (C=N–C) groups is 1. The van der Waals surface area contributed by atoms with E-state index in [0.29, 0.717) is 19.0 Å². The maximum atomic E-state index is 13.4. The molecule has 7 heteroatoms. The fourth-order valence-electron chi connectivity index (χ4n) is 1.82. The number of guanidine groups is 1. The second-order valence-electron chi connectivity index (χ2n) is 4.60. The molecular formula is C16H18F2N4O. The monoisotopic (exact) mass is 320 g/mol. The molecule has 0 spiro atoms. The first kappa shape index (κ1) is 16.7.